The van der Waals surface area contributed by atoms with Crippen LogP contribution in [0.1, 0.15) is 33.0 Å². The minimum absolute atomic E-state index is 0.00517. The molecule has 180 valence electrons. The molecule has 0 saturated carbocycles. The standard InChI is InChI=1S/C25H24Cl2N6O2/c1-16-13-30-20(14-29-16)24(35)31(2)11-4-12-32-23-19(27)5-3-6-21(23)33(25(32)28)15-22(34)17-7-9-18(26)10-8-17/h3,5-10,13-14,28H,4,11-12,15H2,1-2H3. The van der Waals surface area contributed by atoms with Crippen LogP contribution in [0.25, 0.3) is 11.0 Å². The number of para-hydroxylation sites is 1. The van der Waals surface area contributed by atoms with Crippen molar-refractivity contribution in [3.8, 4) is 0 Å². The van der Waals surface area contributed by atoms with E-state index >= 15 is 0 Å². The van der Waals surface area contributed by atoms with Crippen molar-refractivity contribution in [2.45, 2.75) is 26.4 Å². The van der Waals surface area contributed by atoms with Crippen LogP contribution < -0.4 is 5.62 Å². The van der Waals surface area contributed by atoms with Crippen molar-refractivity contribution >= 4 is 45.9 Å². The van der Waals surface area contributed by atoms with Gasteiger partial charge in [-0.05, 0) is 49.7 Å². The molecule has 1 amide bonds. The second-order valence-corrected chi connectivity index (χ2v) is 9.07. The maximum absolute atomic E-state index is 12.9. The quantitative estimate of drug-likeness (QED) is 0.355. The predicted molar refractivity (Wildman–Crippen MR) is 135 cm³/mol. The number of benzene rings is 2. The van der Waals surface area contributed by atoms with Gasteiger partial charge in [-0.2, -0.15) is 0 Å². The Morgan fingerprint density at radius 3 is 2.46 bits per heavy atom. The highest BCUT2D eigenvalue weighted by molar-refractivity contribution is 6.35. The number of carbonyl (C=O) groups is 2. The Labute approximate surface area is 212 Å². The molecule has 8 nitrogen and oxygen atoms in total. The van der Waals surface area contributed by atoms with Crippen LogP contribution in [0.5, 0.6) is 0 Å². The Bertz CT molecular complexity index is 1440. The van der Waals surface area contributed by atoms with E-state index in [1.807, 2.05) is 13.0 Å². The predicted octanol–water partition coefficient (Wildman–Crippen LogP) is 4.37. The number of Topliss-reactive ketones (excluding diaryl/α,β-unsaturated/α-hetero) is 1. The molecule has 2 heterocycles. The minimum atomic E-state index is -0.220. The summed E-state index contributed by atoms with van der Waals surface area (Å²) in [4.78, 5) is 35.4. The normalized spacial score (nSPS) is 11.1. The molecule has 1 N–H and O–H groups in total. The number of ketones is 1. The summed E-state index contributed by atoms with van der Waals surface area (Å²) in [6.45, 7) is 2.69. The van der Waals surface area contributed by atoms with Crippen molar-refractivity contribution in [3.63, 3.8) is 0 Å². The molecule has 0 aliphatic carbocycles. The Hall–Kier alpha value is -3.49. The van der Waals surface area contributed by atoms with Crippen LogP contribution in [-0.4, -0.2) is 49.3 Å². The van der Waals surface area contributed by atoms with E-state index in [1.165, 1.54) is 6.20 Å². The SMILES string of the molecule is Cc1cnc(C(=O)N(C)CCCn2c(=N)n(CC(=O)c3ccc(Cl)cc3)c3cccc(Cl)c32)cn1. The summed E-state index contributed by atoms with van der Waals surface area (Å²) in [5, 5.41) is 9.83. The van der Waals surface area contributed by atoms with Gasteiger partial charge in [-0.1, -0.05) is 29.3 Å². The number of aryl methyl sites for hydroxylation is 2. The van der Waals surface area contributed by atoms with Crippen LogP contribution in [0.3, 0.4) is 0 Å². The summed E-state index contributed by atoms with van der Waals surface area (Å²) in [5.74, 6) is -0.355. The molecule has 2 aromatic carbocycles. The van der Waals surface area contributed by atoms with Gasteiger partial charge in [0, 0.05) is 36.9 Å². The van der Waals surface area contributed by atoms with Crippen molar-refractivity contribution < 1.29 is 9.59 Å². The third-order valence-corrected chi connectivity index (χ3v) is 6.28. The molecule has 4 aromatic rings. The smallest absolute Gasteiger partial charge is 0.273 e. The highest BCUT2D eigenvalue weighted by Crippen LogP contribution is 2.23. The van der Waals surface area contributed by atoms with E-state index in [1.54, 1.807) is 63.7 Å². The summed E-state index contributed by atoms with van der Waals surface area (Å²) in [6, 6.07) is 12.1. The number of aromatic nitrogens is 4. The van der Waals surface area contributed by atoms with Crippen LogP contribution in [0.2, 0.25) is 10.0 Å². The van der Waals surface area contributed by atoms with E-state index < -0.39 is 0 Å². The lowest BCUT2D eigenvalue weighted by atomic mass is 10.1. The molecule has 4 rings (SSSR count). The largest absolute Gasteiger partial charge is 0.340 e. The van der Waals surface area contributed by atoms with E-state index in [-0.39, 0.29) is 29.5 Å². The van der Waals surface area contributed by atoms with Gasteiger partial charge in [0.25, 0.3) is 5.91 Å². The van der Waals surface area contributed by atoms with Gasteiger partial charge < -0.3 is 14.0 Å². The zero-order valence-corrected chi connectivity index (χ0v) is 20.8. The van der Waals surface area contributed by atoms with Crippen molar-refractivity contribution in [1.29, 1.82) is 5.41 Å². The zero-order chi connectivity index (χ0) is 25.1. The van der Waals surface area contributed by atoms with Gasteiger partial charge in [0.15, 0.2) is 5.78 Å². The Balaban J connectivity index is 1.54. The van der Waals surface area contributed by atoms with E-state index in [9.17, 15) is 9.59 Å². The van der Waals surface area contributed by atoms with Gasteiger partial charge in [0.2, 0.25) is 5.62 Å². The number of amides is 1. The number of carbonyl (C=O) groups excluding carboxylic acids is 2. The first-order valence-electron chi connectivity index (χ1n) is 11.0. The Morgan fingerprint density at radius 2 is 1.77 bits per heavy atom. The fraction of sp³-hybridized carbons (Fsp3) is 0.240. The molecule has 0 fully saturated rings. The third kappa shape index (κ3) is 5.28. The molecule has 0 saturated heterocycles. The molecule has 0 atom stereocenters. The van der Waals surface area contributed by atoms with Crippen molar-refractivity contribution in [2.24, 2.45) is 0 Å². The molecule has 10 heteroatoms. The van der Waals surface area contributed by atoms with Crippen LogP contribution >= 0.6 is 23.2 Å². The van der Waals surface area contributed by atoms with Gasteiger partial charge >= 0.3 is 0 Å². The van der Waals surface area contributed by atoms with Crippen LogP contribution in [0.4, 0.5) is 0 Å². The summed E-state index contributed by atoms with van der Waals surface area (Å²) in [5.41, 5.74) is 3.08. The fourth-order valence-corrected chi connectivity index (χ4v) is 4.27. The van der Waals surface area contributed by atoms with Crippen molar-refractivity contribution in [1.82, 2.24) is 24.0 Å². The molecule has 0 aliphatic heterocycles. The maximum atomic E-state index is 12.9. The first kappa shape index (κ1) is 24.6. The molecule has 0 bridgehead atoms. The number of rotatable bonds is 8. The average Bonchev–Trinajstić information content (AvgIpc) is 3.11. The van der Waals surface area contributed by atoms with Crippen molar-refractivity contribution in [3.05, 3.63) is 87.5 Å². The number of hydrogen-bond donors (Lipinski definition) is 1. The Kier molecular flexibility index (Phi) is 7.33. The zero-order valence-electron chi connectivity index (χ0n) is 19.3. The van der Waals surface area contributed by atoms with E-state index in [0.29, 0.717) is 46.2 Å². The first-order valence-corrected chi connectivity index (χ1v) is 11.8. The number of nitrogens with zero attached hydrogens (tertiary/aromatic N) is 5. The summed E-state index contributed by atoms with van der Waals surface area (Å²) < 4.78 is 3.42. The van der Waals surface area contributed by atoms with E-state index in [4.69, 9.17) is 28.6 Å². The van der Waals surface area contributed by atoms with Gasteiger partial charge in [-0.15, -0.1) is 0 Å². The van der Waals surface area contributed by atoms with Gasteiger partial charge in [-0.3, -0.25) is 20.0 Å². The second-order valence-electron chi connectivity index (χ2n) is 8.22. The highest BCUT2D eigenvalue weighted by atomic mass is 35.5. The van der Waals surface area contributed by atoms with Crippen molar-refractivity contribution in [2.75, 3.05) is 13.6 Å². The third-order valence-electron chi connectivity index (χ3n) is 5.73. The molecule has 0 radical (unpaired) electrons. The first-order chi connectivity index (χ1) is 16.8. The lowest BCUT2D eigenvalue weighted by molar-refractivity contribution is 0.0785. The summed E-state index contributed by atoms with van der Waals surface area (Å²) in [6.07, 6.45) is 3.61. The molecule has 2 aromatic heterocycles. The molecular weight excluding hydrogens is 487 g/mol. The fourth-order valence-electron chi connectivity index (χ4n) is 3.87. The van der Waals surface area contributed by atoms with Gasteiger partial charge in [-0.25, -0.2) is 4.98 Å². The topological polar surface area (TPSA) is 96.9 Å². The summed E-state index contributed by atoms with van der Waals surface area (Å²) in [7, 11) is 1.71. The van der Waals surface area contributed by atoms with E-state index in [0.717, 1.165) is 5.69 Å². The number of hydrogen-bond acceptors (Lipinski definition) is 5. The van der Waals surface area contributed by atoms with Crippen LogP contribution in [0.15, 0.2) is 54.9 Å². The minimum Gasteiger partial charge on any atom is -0.340 e. The monoisotopic (exact) mass is 510 g/mol. The number of fused-ring (bicyclic) bond motifs is 1. The second kappa shape index (κ2) is 10.4. The lowest BCUT2D eigenvalue weighted by Crippen LogP contribution is -2.31. The summed E-state index contributed by atoms with van der Waals surface area (Å²) >= 11 is 12.4. The lowest BCUT2D eigenvalue weighted by Gasteiger charge is -2.17. The van der Waals surface area contributed by atoms with Gasteiger partial charge in [0.1, 0.15) is 5.69 Å². The Morgan fingerprint density at radius 1 is 1.03 bits per heavy atom. The maximum Gasteiger partial charge on any atom is 0.273 e. The number of halogens is 2. The molecule has 0 spiro atoms. The molecule has 0 unspecified atom stereocenters. The van der Waals surface area contributed by atoms with Crippen LogP contribution in [0, 0.1) is 12.3 Å². The molecule has 0 aliphatic rings. The van der Waals surface area contributed by atoms with E-state index in [2.05, 4.69) is 9.97 Å². The number of imidazole rings is 1. The molecule has 35 heavy (non-hydrogen) atoms. The van der Waals surface area contributed by atoms with Crippen LogP contribution in [-0.2, 0) is 13.1 Å². The highest BCUT2D eigenvalue weighted by Gasteiger charge is 2.18. The average molecular weight is 511 g/mol. The number of nitrogens with one attached hydrogen (secondary N) is 1. The molecular formula is C25H24Cl2N6O2. The van der Waals surface area contributed by atoms with Gasteiger partial charge in [0.05, 0.1) is 34.5 Å².